The van der Waals surface area contributed by atoms with Crippen LogP contribution in [-0.4, -0.2) is 11.6 Å². The van der Waals surface area contributed by atoms with Gasteiger partial charge in [0.1, 0.15) is 0 Å². The van der Waals surface area contributed by atoms with E-state index in [1.54, 1.807) is 40.5 Å². The van der Waals surface area contributed by atoms with Gasteiger partial charge < -0.3 is 0 Å². The fourth-order valence-electron chi connectivity index (χ4n) is 1.73. The van der Waals surface area contributed by atoms with Crippen molar-refractivity contribution in [1.29, 1.82) is 0 Å². The number of hydrogen-bond donors (Lipinski definition) is 0. The topological polar surface area (TPSA) is 34.1 Å². The average Bonchev–Trinajstić information content (AvgIpc) is 2.99. The number of ketones is 2. The molecule has 0 fully saturated rings. The van der Waals surface area contributed by atoms with E-state index in [4.69, 9.17) is 0 Å². The van der Waals surface area contributed by atoms with Gasteiger partial charge in [0.05, 0.1) is 18.2 Å². The summed E-state index contributed by atoms with van der Waals surface area (Å²) in [5.74, 6) is -0.735. The van der Waals surface area contributed by atoms with Gasteiger partial charge >= 0.3 is 0 Å². The minimum Gasteiger partial charge on any atom is -0.285 e. The van der Waals surface area contributed by atoms with E-state index in [1.165, 1.54) is 0 Å². The van der Waals surface area contributed by atoms with Crippen molar-refractivity contribution >= 4 is 94.5 Å². The zero-order chi connectivity index (χ0) is 12.9. The van der Waals surface area contributed by atoms with Crippen molar-refractivity contribution in [2.45, 2.75) is 8.42 Å². The molecule has 0 aliphatic heterocycles. The van der Waals surface area contributed by atoms with E-state index in [2.05, 4.69) is 42.4 Å². The third kappa shape index (κ3) is 2.12. The average molecular weight is 536 g/mol. The Labute approximate surface area is 143 Å². The molecule has 0 radical (unpaired) electrons. The number of Topliss-reactive ketones (excluding diaryl/α,β-unsaturated/α-hetero) is 2. The van der Waals surface area contributed by atoms with Gasteiger partial charge in [0.25, 0.3) is 0 Å². The Morgan fingerprint density at radius 1 is 0.833 bits per heavy atom. The number of fused-ring (bicyclic) bond motifs is 3. The van der Waals surface area contributed by atoms with Gasteiger partial charge in [-0.1, -0.05) is 0 Å². The number of thiophene rings is 2. The monoisotopic (exact) mass is 536 g/mol. The Hall–Kier alpha value is 0.900. The van der Waals surface area contributed by atoms with Gasteiger partial charge in [-0.25, -0.2) is 0 Å². The highest BCUT2D eigenvalue weighted by molar-refractivity contribution is 14.2. The van der Waals surface area contributed by atoms with Crippen molar-refractivity contribution in [3.63, 3.8) is 0 Å². The molecule has 0 unspecified atom stereocenters. The quantitative estimate of drug-likeness (QED) is 0.363. The molecule has 1 aliphatic carbocycles. The smallest absolute Gasteiger partial charge is 0.235 e. The maximum atomic E-state index is 12.0. The molecule has 1 aliphatic rings. The summed E-state index contributed by atoms with van der Waals surface area (Å²) in [5, 5.41) is 0. The Bertz CT molecular complexity index is 615. The summed E-state index contributed by atoms with van der Waals surface area (Å²) >= 11 is 7.56. The molecule has 0 atom stereocenters. The van der Waals surface area contributed by atoms with E-state index in [9.17, 15) is 9.59 Å². The van der Waals surface area contributed by atoms with Crippen LogP contribution >= 0.6 is 83.0 Å². The van der Waals surface area contributed by atoms with Gasteiger partial charge in [-0.2, -0.15) is 0 Å². The second-order valence-electron chi connectivity index (χ2n) is 3.43. The number of halogens is 2. The molecule has 0 spiro atoms. The molecule has 2 aromatic rings. The predicted molar refractivity (Wildman–Crippen MR) is 96.0 cm³/mol. The zero-order valence-electron chi connectivity index (χ0n) is 8.36. The van der Waals surface area contributed by atoms with E-state index in [0.29, 0.717) is 11.1 Å². The van der Waals surface area contributed by atoms with Crippen LogP contribution in [0.4, 0.5) is 0 Å². The number of hydrogen-bond acceptors (Lipinski definition) is 6. The van der Waals surface area contributed by atoms with Crippen LogP contribution in [0.3, 0.4) is 0 Å². The zero-order valence-corrected chi connectivity index (χ0v) is 15.9. The molecule has 92 valence electrons. The number of rotatable bonds is 2. The van der Waals surface area contributed by atoms with Crippen molar-refractivity contribution in [1.82, 2.24) is 0 Å². The lowest BCUT2D eigenvalue weighted by atomic mass is 9.96. The molecule has 8 heteroatoms. The second-order valence-corrected chi connectivity index (χ2v) is 9.88. The van der Waals surface area contributed by atoms with Crippen molar-refractivity contribution in [2.24, 2.45) is 0 Å². The van der Waals surface area contributed by atoms with Gasteiger partial charge in [0, 0.05) is 53.5 Å². The largest absolute Gasteiger partial charge is 0.285 e. The molecule has 0 saturated heterocycles. The highest BCUT2D eigenvalue weighted by Gasteiger charge is 2.34. The molecular formula is C10H2I2O2S4. The summed E-state index contributed by atoms with van der Waals surface area (Å²) in [6, 6.07) is 3.66. The maximum absolute atomic E-state index is 12.0. The van der Waals surface area contributed by atoms with Crippen LogP contribution in [0.25, 0.3) is 9.75 Å². The second kappa shape index (κ2) is 5.35. The molecule has 3 rings (SSSR count). The lowest BCUT2D eigenvalue weighted by Crippen LogP contribution is -2.18. The van der Waals surface area contributed by atoms with Crippen LogP contribution in [0.15, 0.2) is 20.6 Å². The van der Waals surface area contributed by atoms with E-state index in [1.807, 2.05) is 12.1 Å². The van der Waals surface area contributed by atoms with E-state index in [-0.39, 0.29) is 11.6 Å². The summed E-state index contributed by atoms with van der Waals surface area (Å²) in [4.78, 5) is 26.0. The van der Waals surface area contributed by atoms with Crippen LogP contribution in [0, 0.1) is 0 Å². The minimum atomic E-state index is -0.367. The van der Waals surface area contributed by atoms with Crippen LogP contribution in [0.5, 0.6) is 0 Å². The highest BCUT2D eigenvalue weighted by Crippen LogP contribution is 2.49. The van der Waals surface area contributed by atoms with Gasteiger partial charge in [-0.15, -0.1) is 22.7 Å². The van der Waals surface area contributed by atoms with Gasteiger partial charge in [0.2, 0.25) is 11.6 Å². The number of carbonyl (C=O) groups excluding carboxylic acids is 2. The molecule has 0 N–H and O–H groups in total. The van der Waals surface area contributed by atoms with Crippen LogP contribution < -0.4 is 0 Å². The summed E-state index contributed by atoms with van der Waals surface area (Å²) in [6.45, 7) is 0. The van der Waals surface area contributed by atoms with E-state index >= 15 is 0 Å². The lowest BCUT2D eigenvalue weighted by Gasteiger charge is -2.08. The maximum Gasteiger partial charge on any atom is 0.235 e. The Balaban J connectivity index is 2.28. The summed E-state index contributed by atoms with van der Waals surface area (Å²) in [6.07, 6.45) is 0. The summed E-state index contributed by atoms with van der Waals surface area (Å²) in [7, 11) is 3.15. The molecule has 18 heavy (non-hydrogen) atoms. The fourth-order valence-corrected chi connectivity index (χ4v) is 7.12. The molecule has 2 nitrogen and oxygen atoms in total. The van der Waals surface area contributed by atoms with Crippen LogP contribution in [-0.2, 0) is 0 Å². The van der Waals surface area contributed by atoms with Crippen molar-refractivity contribution in [3.8, 4) is 9.75 Å². The van der Waals surface area contributed by atoms with E-state index < -0.39 is 0 Å². The predicted octanol–water partition coefficient (Wildman–Crippen LogP) is 5.74. The lowest BCUT2D eigenvalue weighted by molar-refractivity contribution is 0.0816. The van der Waals surface area contributed by atoms with Gasteiger partial charge in [0.15, 0.2) is 0 Å². The number of carbonyl (C=O) groups is 2. The fraction of sp³-hybridized carbons (Fsp3) is 0. The van der Waals surface area contributed by atoms with Crippen LogP contribution in [0.1, 0.15) is 20.7 Å². The Kier molecular flexibility index (Phi) is 4.12. The minimum absolute atomic E-state index is 0.367. The SMILES string of the molecule is O=C1C(=O)c2cc(SI)sc2-c2sc(SI)cc21. The van der Waals surface area contributed by atoms with E-state index in [0.717, 1.165) is 18.2 Å². The third-order valence-corrected chi connectivity index (χ3v) is 10.7. The first-order valence-corrected chi connectivity index (χ1v) is 12.9. The molecule has 2 aromatic heterocycles. The van der Waals surface area contributed by atoms with Gasteiger partial charge in [-0.3, -0.25) is 9.59 Å². The molecule has 0 bridgehead atoms. The first-order valence-electron chi connectivity index (χ1n) is 4.60. The Morgan fingerprint density at radius 2 is 1.22 bits per heavy atom. The molecule has 0 saturated carbocycles. The molecule has 2 heterocycles. The Morgan fingerprint density at radius 3 is 1.56 bits per heavy atom. The molecular weight excluding hydrogens is 534 g/mol. The van der Waals surface area contributed by atoms with Gasteiger partial charge in [-0.05, 0) is 30.0 Å². The van der Waals surface area contributed by atoms with Crippen LogP contribution in [0.2, 0.25) is 0 Å². The molecule has 0 amide bonds. The first kappa shape index (κ1) is 13.9. The van der Waals surface area contributed by atoms with Crippen molar-refractivity contribution in [3.05, 3.63) is 23.3 Å². The highest BCUT2D eigenvalue weighted by atomic mass is 127. The molecule has 0 aromatic carbocycles. The van der Waals surface area contributed by atoms with Crippen molar-refractivity contribution in [2.75, 3.05) is 0 Å². The standard InChI is InChI=1S/C10H2I2O2S4/c11-17-5-1-3-7(13)8(14)4-2-6(18-12)16-10(4)9(3)15-5/h1-2H. The third-order valence-electron chi connectivity index (χ3n) is 2.47. The normalized spacial score (nSPS) is 13.7. The van der Waals surface area contributed by atoms with Crippen molar-refractivity contribution < 1.29 is 9.59 Å². The summed E-state index contributed by atoms with van der Waals surface area (Å²) in [5.41, 5.74) is 1.15. The summed E-state index contributed by atoms with van der Waals surface area (Å²) < 4.78 is 2.12. The first-order chi connectivity index (χ1) is 8.65.